The first-order valence-corrected chi connectivity index (χ1v) is 7.46. The summed E-state index contributed by atoms with van der Waals surface area (Å²) < 4.78 is 0. The minimum atomic E-state index is -0.353. The fourth-order valence-electron chi connectivity index (χ4n) is 2.62. The Kier molecular flexibility index (Phi) is 5.54. The zero-order valence-electron chi connectivity index (χ0n) is 12.7. The minimum Gasteiger partial charge on any atom is -0.394 e. The number of likely N-dealkylation sites (N-methyl/N-ethyl adjacent to an activating group) is 1. The van der Waals surface area contributed by atoms with Gasteiger partial charge in [-0.1, -0.05) is 30.3 Å². The van der Waals surface area contributed by atoms with E-state index in [1.54, 1.807) is 0 Å². The van der Waals surface area contributed by atoms with Crippen molar-refractivity contribution < 1.29 is 5.11 Å². The van der Waals surface area contributed by atoms with Gasteiger partial charge in [0, 0.05) is 39.3 Å². The van der Waals surface area contributed by atoms with Gasteiger partial charge in [-0.05, 0) is 19.5 Å². The van der Waals surface area contributed by atoms with Gasteiger partial charge in [-0.3, -0.25) is 4.90 Å². The van der Waals surface area contributed by atoms with Crippen molar-refractivity contribution >= 4 is 0 Å². The molecule has 1 atom stereocenters. The highest BCUT2D eigenvalue weighted by Gasteiger charge is 2.25. The van der Waals surface area contributed by atoms with E-state index in [-0.39, 0.29) is 12.1 Å². The van der Waals surface area contributed by atoms with Gasteiger partial charge in [0.25, 0.3) is 0 Å². The highest BCUT2D eigenvalue weighted by Crippen LogP contribution is 2.19. The number of aliphatic hydroxyl groups excluding tert-OH is 1. The van der Waals surface area contributed by atoms with E-state index >= 15 is 0 Å². The summed E-state index contributed by atoms with van der Waals surface area (Å²) in [5.74, 6) is 0. The van der Waals surface area contributed by atoms with Gasteiger partial charge in [0.05, 0.1) is 12.1 Å². The van der Waals surface area contributed by atoms with Crippen molar-refractivity contribution in [3.63, 3.8) is 0 Å². The molecule has 1 saturated heterocycles. The number of hydrogen-bond donors (Lipinski definition) is 2. The van der Waals surface area contributed by atoms with Crippen molar-refractivity contribution in [2.24, 2.45) is 0 Å². The van der Waals surface area contributed by atoms with Crippen molar-refractivity contribution in [2.75, 3.05) is 52.9 Å². The van der Waals surface area contributed by atoms with Crippen LogP contribution in [0.4, 0.5) is 0 Å². The van der Waals surface area contributed by atoms with E-state index in [2.05, 4.69) is 41.2 Å². The number of aliphatic hydroxyl groups is 1. The Balaban J connectivity index is 1.82. The third-order valence-electron chi connectivity index (χ3n) is 4.27. The number of benzene rings is 1. The fourth-order valence-corrected chi connectivity index (χ4v) is 2.62. The van der Waals surface area contributed by atoms with E-state index < -0.39 is 0 Å². The molecule has 1 aliphatic heterocycles. The Hall–Kier alpha value is -0.940. The zero-order chi connectivity index (χ0) is 14.4. The first-order valence-electron chi connectivity index (χ1n) is 7.46. The van der Waals surface area contributed by atoms with Gasteiger partial charge < -0.3 is 15.3 Å². The van der Waals surface area contributed by atoms with Crippen LogP contribution in [0.2, 0.25) is 0 Å². The highest BCUT2D eigenvalue weighted by atomic mass is 16.3. The van der Waals surface area contributed by atoms with Crippen LogP contribution < -0.4 is 5.32 Å². The van der Waals surface area contributed by atoms with Gasteiger partial charge in [0.1, 0.15) is 0 Å². The molecule has 1 aromatic rings. The number of nitrogens with one attached hydrogen (secondary N) is 1. The average molecular weight is 277 g/mol. The predicted molar refractivity (Wildman–Crippen MR) is 82.8 cm³/mol. The van der Waals surface area contributed by atoms with Crippen LogP contribution in [-0.2, 0) is 5.54 Å². The van der Waals surface area contributed by atoms with Crippen molar-refractivity contribution in [2.45, 2.75) is 12.5 Å². The smallest absolute Gasteiger partial charge is 0.0652 e. The zero-order valence-corrected chi connectivity index (χ0v) is 12.7. The van der Waals surface area contributed by atoms with Crippen LogP contribution in [0.15, 0.2) is 30.3 Å². The Bertz CT molecular complexity index is 390. The van der Waals surface area contributed by atoms with E-state index in [0.29, 0.717) is 0 Å². The molecular formula is C16H27N3O. The maximum atomic E-state index is 9.73. The normalized spacial score (nSPS) is 20.8. The van der Waals surface area contributed by atoms with Crippen molar-refractivity contribution in [3.8, 4) is 0 Å². The molecule has 1 aromatic carbocycles. The van der Waals surface area contributed by atoms with Gasteiger partial charge in [-0.15, -0.1) is 0 Å². The summed E-state index contributed by atoms with van der Waals surface area (Å²) in [4.78, 5) is 4.85. The third kappa shape index (κ3) is 4.03. The summed E-state index contributed by atoms with van der Waals surface area (Å²) in [7, 11) is 2.17. The molecule has 0 radical (unpaired) electrons. The lowest BCUT2D eigenvalue weighted by molar-refractivity contribution is 0.138. The minimum absolute atomic E-state index is 0.111. The van der Waals surface area contributed by atoms with E-state index in [1.165, 1.54) is 0 Å². The Labute approximate surface area is 122 Å². The standard InChI is InChI=1S/C16H27N3O/c1-16(14-20,15-6-4-3-5-7-15)17-8-9-19-12-10-18(2)11-13-19/h3-7,17,20H,8-14H2,1-2H3. The molecule has 0 saturated carbocycles. The third-order valence-corrected chi connectivity index (χ3v) is 4.27. The second-order valence-electron chi connectivity index (χ2n) is 5.93. The monoisotopic (exact) mass is 277 g/mol. The topological polar surface area (TPSA) is 38.7 Å². The summed E-state index contributed by atoms with van der Waals surface area (Å²) in [6, 6.07) is 10.2. The van der Waals surface area contributed by atoms with E-state index in [9.17, 15) is 5.11 Å². The first-order chi connectivity index (χ1) is 9.64. The molecule has 0 aliphatic carbocycles. The van der Waals surface area contributed by atoms with Crippen LogP contribution >= 0.6 is 0 Å². The molecule has 4 nitrogen and oxygen atoms in total. The highest BCUT2D eigenvalue weighted by molar-refractivity contribution is 5.23. The van der Waals surface area contributed by atoms with Crippen LogP contribution in [-0.4, -0.2) is 67.8 Å². The number of piperazine rings is 1. The van der Waals surface area contributed by atoms with Crippen molar-refractivity contribution in [3.05, 3.63) is 35.9 Å². The summed E-state index contributed by atoms with van der Waals surface area (Å²) >= 11 is 0. The average Bonchev–Trinajstić information content (AvgIpc) is 2.50. The molecule has 1 fully saturated rings. The molecule has 0 aromatic heterocycles. The number of nitrogens with zero attached hydrogens (tertiary/aromatic N) is 2. The second kappa shape index (κ2) is 7.18. The van der Waals surface area contributed by atoms with Gasteiger partial charge in [-0.2, -0.15) is 0 Å². The van der Waals surface area contributed by atoms with E-state index in [4.69, 9.17) is 0 Å². The molecule has 4 heteroatoms. The van der Waals surface area contributed by atoms with Gasteiger partial charge in [0.15, 0.2) is 0 Å². The molecule has 1 heterocycles. The molecule has 0 amide bonds. The SMILES string of the molecule is CN1CCN(CCNC(C)(CO)c2ccccc2)CC1. The lowest BCUT2D eigenvalue weighted by atomic mass is 9.93. The Morgan fingerprint density at radius 2 is 1.80 bits per heavy atom. The summed E-state index contributed by atoms with van der Waals surface area (Å²) in [6.07, 6.45) is 0. The lowest BCUT2D eigenvalue weighted by Crippen LogP contribution is -2.49. The predicted octanol–water partition coefficient (Wildman–Crippen LogP) is 0.731. The van der Waals surface area contributed by atoms with Crippen molar-refractivity contribution in [1.29, 1.82) is 0 Å². The van der Waals surface area contributed by atoms with E-state index in [0.717, 1.165) is 44.8 Å². The molecule has 2 N–H and O–H groups in total. The molecule has 2 rings (SSSR count). The lowest BCUT2D eigenvalue weighted by Gasteiger charge is -2.34. The summed E-state index contributed by atoms with van der Waals surface area (Å²) in [5.41, 5.74) is 0.786. The quantitative estimate of drug-likeness (QED) is 0.804. The van der Waals surface area contributed by atoms with Gasteiger partial charge in [-0.25, -0.2) is 0 Å². The molecule has 20 heavy (non-hydrogen) atoms. The summed E-state index contributed by atoms with van der Waals surface area (Å²) in [5, 5.41) is 13.2. The molecule has 1 unspecified atom stereocenters. The van der Waals surface area contributed by atoms with Gasteiger partial charge in [0.2, 0.25) is 0 Å². The summed E-state index contributed by atoms with van der Waals surface area (Å²) in [6.45, 7) is 8.68. The maximum Gasteiger partial charge on any atom is 0.0652 e. The Morgan fingerprint density at radius 1 is 1.15 bits per heavy atom. The van der Waals surface area contributed by atoms with Crippen LogP contribution in [0.5, 0.6) is 0 Å². The number of rotatable bonds is 6. The molecule has 112 valence electrons. The second-order valence-corrected chi connectivity index (χ2v) is 5.93. The van der Waals surface area contributed by atoms with Crippen LogP contribution in [0.3, 0.4) is 0 Å². The fraction of sp³-hybridized carbons (Fsp3) is 0.625. The van der Waals surface area contributed by atoms with Crippen molar-refractivity contribution in [1.82, 2.24) is 15.1 Å². The Morgan fingerprint density at radius 3 is 2.40 bits per heavy atom. The first kappa shape index (κ1) is 15.4. The largest absolute Gasteiger partial charge is 0.394 e. The molecular weight excluding hydrogens is 250 g/mol. The van der Waals surface area contributed by atoms with Crippen LogP contribution in [0.25, 0.3) is 0 Å². The maximum absolute atomic E-state index is 9.73. The molecule has 0 bridgehead atoms. The number of hydrogen-bond acceptors (Lipinski definition) is 4. The van der Waals surface area contributed by atoms with Crippen LogP contribution in [0, 0.1) is 0 Å². The molecule has 0 spiro atoms. The van der Waals surface area contributed by atoms with E-state index in [1.807, 2.05) is 18.2 Å². The van der Waals surface area contributed by atoms with Crippen LogP contribution in [0.1, 0.15) is 12.5 Å². The van der Waals surface area contributed by atoms with Gasteiger partial charge >= 0.3 is 0 Å². The molecule has 1 aliphatic rings.